The van der Waals surface area contributed by atoms with Crippen LogP contribution in [0.1, 0.15) is 47.5 Å². The second-order valence-corrected chi connectivity index (χ2v) is 11.6. The summed E-state index contributed by atoms with van der Waals surface area (Å²) >= 11 is 1.82. The number of aromatic nitrogens is 2. The molecule has 32 heavy (non-hydrogen) atoms. The van der Waals surface area contributed by atoms with Gasteiger partial charge in [-0.1, -0.05) is 36.4 Å². The average molecular weight is 469 g/mol. The third-order valence-corrected chi connectivity index (χ3v) is 8.16. The average Bonchev–Trinajstić information content (AvgIpc) is 3.16. The van der Waals surface area contributed by atoms with Crippen LogP contribution in [0.5, 0.6) is 0 Å². The summed E-state index contributed by atoms with van der Waals surface area (Å²) in [6, 6.07) is 10.2. The first-order valence-electron chi connectivity index (χ1n) is 11.2. The van der Waals surface area contributed by atoms with Gasteiger partial charge in [0.1, 0.15) is 10.6 Å². The fraction of sp³-hybridized carbons (Fsp3) is 0.417. The number of nitrogens with one attached hydrogen (secondary N) is 1. The van der Waals surface area contributed by atoms with Crippen molar-refractivity contribution >= 4 is 49.5 Å². The maximum absolute atomic E-state index is 11.6. The van der Waals surface area contributed by atoms with Crippen LogP contribution >= 0.6 is 11.3 Å². The van der Waals surface area contributed by atoms with E-state index in [1.165, 1.54) is 34.9 Å². The van der Waals surface area contributed by atoms with Crippen LogP contribution < -0.4 is 9.62 Å². The van der Waals surface area contributed by atoms with Crippen LogP contribution in [0, 0.1) is 0 Å². The van der Waals surface area contributed by atoms with Crippen molar-refractivity contribution in [2.75, 3.05) is 24.2 Å². The topological polar surface area (TPSA) is 75.2 Å². The molecular weight excluding hydrogens is 440 g/mol. The fourth-order valence-electron chi connectivity index (χ4n) is 4.70. The molecule has 1 fully saturated rings. The number of rotatable bonds is 5. The van der Waals surface area contributed by atoms with E-state index in [1.54, 1.807) is 0 Å². The highest BCUT2D eigenvalue weighted by Crippen LogP contribution is 2.40. The first kappa shape index (κ1) is 21.6. The Hall–Kier alpha value is -2.29. The number of fused-ring (bicyclic) bond motifs is 3. The highest BCUT2D eigenvalue weighted by Gasteiger charge is 2.27. The Morgan fingerprint density at radius 2 is 1.81 bits per heavy atom. The van der Waals surface area contributed by atoms with Gasteiger partial charge in [-0.25, -0.2) is 23.1 Å². The van der Waals surface area contributed by atoms with Crippen molar-refractivity contribution in [1.82, 2.24) is 14.7 Å². The number of aryl methyl sites for hydroxylation is 2. The minimum atomic E-state index is -3.19. The monoisotopic (exact) mass is 468 g/mol. The van der Waals surface area contributed by atoms with Gasteiger partial charge in [0.15, 0.2) is 5.82 Å². The predicted molar refractivity (Wildman–Crippen MR) is 133 cm³/mol. The Kier molecular flexibility index (Phi) is 6.01. The number of hydrogen-bond acceptors (Lipinski definition) is 6. The molecule has 0 radical (unpaired) electrons. The molecule has 0 amide bonds. The van der Waals surface area contributed by atoms with Crippen LogP contribution in [0.4, 0.5) is 5.82 Å². The SMILES string of the molecule is CS(=O)(=O)NC1CCN(c2nc(C=Cc3ccccc3)nc3sc4c(c23)CCCC4)CC1. The standard InChI is InChI=1S/C24H28N4O2S2/c1-32(29,30)27-18-13-15-28(16-14-18)23-22-19-9-5-6-10-20(19)31-24(22)26-21(25-23)12-11-17-7-3-2-4-8-17/h2-4,7-8,11-12,18,27H,5-6,9-10,13-16H2,1H3. The second-order valence-electron chi connectivity index (χ2n) is 8.69. The van der Waals surface area contributed by atoms with Gasteiger partial charge in [-0.05, 0) is 55.7 Å². The molecule has 1 saturated heterocycles. The minimum absolute atomic E-state index is 0.00702. The summed E-state index contributed by atoms with van der Waals surface area (Å²) in [7, 11) is -3.19. The summed E-state index contributed by atoms with van der Waals surface area (Å²) in [4.78, 5) is 14.8. The summed E-state index contributed by atoms with van der Waals surface area (Å²) in [5.41, 5.74) is 2.55. The lowest BCUT2D eigenvalue weighted by Crippen LogP contribution is -2.44. The maximum Gasteiger partial charge on any atom is 0.208 e. The smallest absolute Gasteiger partial charge is 0.208 e. The first-order valence-corrected chi connectivity index (χ1v) is 13.9. The summed E-state index contributed by atoms with van der Waals surface area (Å²) < 4.78 is 26.0. The maximum atomic E-state index is 11.6. The fourth-order valence-corrected chi connectivity index (χ4v) is 6.81. The molecular formula is C24H28N4O2S2. The van der Waals surface area contributed by atoms with Crippen LogP contribution in [0.15, 0.2) is 30.3 Å². The van der Waals surface area contributed by atoms with Gasteiger partial charge in [0.25, 0.3) is 0 Å². The lowest BCUT2D eigenvalue weighted by molar-refractivity contribution is 0.460. The summed E-state index contributed by atoms with van der Waals surface area (Å²) in [6.45, 7) is 1.57. The molecule has 1 N–H and O–H groups in total. The zero-order valence-corrected chi connectivity index (χ0v) is 19.9. The summed E-state index contributed by atoms with van der Waals surface area (Å²) in [6.07, 6.45) is 11.5. The first-order chi connectivity index (χ1) is 15.5. The summed E-state index contributed by atoms with van der Waals surface area (Å²) in [5.74, 6) is 1.74. The number of hydrogen-bond donors (Lipinski definition) is 1. The molecule has 0 unspecified atom stereocenters. The molecule has 0 saturated carbocycles. The number of benzene rings is 1. The Labute approximate surface area is 193 Å². The number of nitrogens with zero attached hydrogens (tertiary/aromatic N) is 3. The molecule has 2 aliphatic rings. The van der Waals surface area contributed by atoms with Gasteiger partial charge in [0.2, 0.25) is 10.0 Å². The van der Waals surface area contributed by atoms with Gasteiger partial charge >= 0.3 is 0 Å². The van der Waals surface area contributed by atoms with Crippen LogP contribution in [0.2, 0.25) is 0 Å². The van der Waals surface area contributed by atoms with E-state index in [1.807, 2.05) is 35.6 Å². The van der Waals surface area contributed by atoms with Gasteiger partial charge in [-0.3, -0.25) is 0 Å². The third kappa shape index (κ3) is 4.72. The number of sulfonamides is 1. The zero-order valence-electron chi connectivity index (χ0n) is 18.3. The van der Waals surface area contributed by atoms with Gasteiger partial charge in [-0.15, -0.1) is 11.3 Å². The highest BCUT2D eigenvalue weighted by atomic mass is 32.2. The lowest BCUT2D eigenvalue weighted by Gasteiger charge is -2.33. The Balaban J connectivity index is 1.50. The molecule has 0 atom stereocenters. The van der Waals surface area contributed by atoms with Gasteiger partial charge < -0.3 is 4.90 Å². The lowest BCUT2D eigenvalue weighted by atomic mass is 9.96. The Morgan fingerprint density at radius 3 is 2.56 bits per heavy atom. The van der Waals surface area contributed by atoms with Gasteiger partial charge in [0.05, 0.1) is 11.6 Å². The number of thiophene rings is 1. The quantitative estimate of drug-likeness (QED) is 0.606. The van der Waals surface area contributed by atoms with E-state index in [2.05, 4.69) is 27.8 Å². The molecule has 168 valence electrons. The van der Waals surface area contributed by atoms with Crippen molar-refractivity contribution < 1.29 is 8.42 Å². The predicted octanol–water partition coefficient (Wildman–Crippen LogP) is 4.26. The molecule has 0 spiro atoms. The Bertz CT molecular complexity index is 1240. The van der Waals surface area contributed by atoms with Crippen molar-refractivity contribution in [2.24, 2.45) is 0 Å². The van der Waals surface area contributed by atoms with Gasteiger partial charge in [-0.2, -0.15) is 0 Å². The van der Waals surface area contributed by atoms with E-state index in [0.29, 0.717) is 0 Å². The van der Waals surface area contributed by atoms with Crippen LogP contribution in [0.3, 0.4) is 0 Å². The van der Waals surface area contributed by atoms with E-state index in [-0.39, 0.29) is 6.04 Å². The number of piperidine rings is 1. The molecule has 6 nitrogen and oxygen atoms in total. The Morgan fingerprint density at radius 1 is 1.06 bits per heavy atom. The van der Waals surface area contributed by atoms with Crippen molar-refractivity contribution in [2.45, 2.75) is 44.6 Å². The van der Waals surface area contributed by atoms with Crippen LogP contribution in [0.25, 0.3) is 22.4 Å². The molecule has 3 aromatic rings. The second kappa shape index (κ2) is 8.92. The third-order valence-electron chi connectivity index (χ3n) is 6.21. The van der Waals surface area contributed by atoms with E-state index < -0.39 is 10.0 Å². The van der Waals surface area contributed by atoms with Crippen LogP contribution in [-0.4, -0.2) is 43.8 Å². The molecule has 5 rings (SSSR count). The molecule has 1 aliphatic heterocycles. The molecule has 3 heterocycles. The van der Waals surface area contributed by atoms with E-state index in [4.69, 9.17) is 9.97 Å². The molecule has 2 aromatic heterocycles. The largest absolute Gasteiger partial charge is 0.356 e. The van der Waals surface area contributed by atoms with Crippen molar-refractivity contribution in [3.8, 4) is 0 Å². The molecule has 0 bridgehead atoms. The summed E-state index contributed by atoms with van der Waals surface area (Å²) in [5, 5.41) is 1.22. The highest BCUT2D eigenvalue weighted by molar-refractivity contribution is 7.88. The minimum Gasteiger partial charge on any atom is -0.356 e. The normalized spacial score (nSPS) is 17.8. The van der Waals surface area contributed by atoms with Crippen molar-refractivity contribution in [1.29, 1.82) is 0 Å². The van der Waals surface area contributed by atoms with Crippen molar-refractivity contribution in [3.63, 3.8) is 0 Å². The van der Waals surface area contributed by atoms with Crippen LogP contribution in [-0.2, 0) is 22.9 Å². The van der Waals surface area contributed by atoms with Gasteiger partial charge in [0, 0.05) is 24.0 Å². The van der Waals surface area contributed by atoms with Crippen molar-refractivity contribution in [3.05, 3.63) is 52.2 Å². The van der Waals surface area contributed by atoms with E-state index in [9.17, 15) is 8.42 Å². The zero-order chi connectivity index (χ0) is 22.1. The van der Waals surface area contributed by atoms with E-state index in [0.717, 1.165) is 60.8 Å². The molecule has 1 aromatic carbocycles. The van der Waals surface area contributed by atoms with E-state index >= 15 is 0 Å². The number of anilines is 1. The molecule has 1 aliphatic carbocycles. The molecule has 8 heteroatoms.